The van der Waals surface area contributed by atoms with Gasteiger partial charge in [0.2, 0.25) is 0 Å². The van der Waals surface area contributed by atoms with Crippen LogP contribution in [0.1, 0.15) is 25.7 Å². The number of hydrogen-bond acceptors (Lipinski definition) is 0. The van der Waals surface area contributed by atoms with E-state index in [9.17, 15) is 4.39 Å². The van der Waals surface area contributed by atoms with Crippen LogP contribution >= 0.6 is 0 Å². The summed E-state index contributed by atoms with van der Waals surface area (Å²) in [6.07, 6.45) is 7.98. The summed E-state index contributed by atoms with van der Waals surface area (Å²) in [4.78, 5) is 0. The summed E-state index contributed by atoms with van der Waals surface area (Å²) in [6.45, 7) is 0. The molecule has 0 aromatic carbocycles. The number of allylic oxidation sites excluding steroid dienone is 4. The molecular formula is C9H11F. The van der Waals surface area contributed by atoms with Gasteiger partial charge < -0.3 is 0 Å². The Hall–Kier alpha value is -0.590. The first kappa shape index (κ1) is 6.14. The maximum absolute atomic E-state index is 12.9. The van der Waals surface area contributed by atoms with Crippen molar-refractivity contribution in [1.29, 1.82) is 0 Å². The van der Waals surface area contributed by atoms with Crippen molar-refractivity contribution >= 4 is 0 Å². The van der Waals surface area contributed by atoms with E-state index in [1.807, 2.05) is 6.08 Å². The lowest BCUT2D eigenvalue weighted by molar-refractivity contribution is 0.618. The molecule has 2 aliphatic carbocycles. The Balaban J connectivity index is 2.20. The molecule has 0 atom stereocenters. The van der Waals surface area contributed by atoms with E-state index in [2.05, 4.69) is 0 Å². The standard InChI is InChI=1S/C9H11F/c10-9-4-2-1-3-8(9)7-5-6-7/h2,4,7H,1,3,5-6H2. The Labute approximate surface area is 60.4 Å². The molecule has 0 aliphatic heterocycles. The summed E-state index contributed by atoms with van der Waals surface area (Å²) < 4.78 is 12.9. The molecule has 0 spiro atoms. The second-order valence-electron chi connectivity index (χ2n) is 3.09. The number of rotatable bonds is 1. The van der Waals surface area contributed by atoms with E-state index in [-0.39, 0.29) is 5.83 Å². The summed E-state index contributed by atoms with van der Waals surface area (Å²) in [5.74, 6) is 0.665. The van der Waals surface area contributed by atoms with Gasteiger partial charge >= 0.3 is 0 Å². The van der Waals surface area contributed by atoms with Crippen molar-refractivity contribution in [1.82, 2.24) is 0 Å². The first-order valence-electron chi connectivity index (χ1n) is 3.93. The number of halogens is 1. The second kappa shape index (κ2) is 2.22. The van der Waals surface area contributed by atoms with Crippen LogP contribution in [0.25, 0.3) is 0 Å². The van der Waals surface area contributed by atoms with E-state index in [1.165, 1.54) is 12.8 Å². The van der Waals surface area contributed by atoms with Crippen molar-refractivity contribution in [2.75, 3.05) is 0 Å². The summed E-state index contributed by atoms with van der Waals surface area (Å²) in [7, 11) is 0. The fourth-order valence-electron chi connectivity index (χ4n) is 1.48. The fraction of sp³-hybridized carbons (Fsp3) is 0.556. The zero-order chi connectivity index (χ0) is 6.97. The van der Waals surface area contributed by atoms with Crippen molar-refractivity contribution in [3.8, 4) is 0 Å². The third-order valence-electron chi connectivity index (χ3n) is 2.22. The van der Waals surface area contributed by atoms with E-state index in [4.69, 9.17) is 0 Å². The molecule has 2 rings (SSSR count). The minimum Gasteiger partial charge on any atom is -0.207 e. The van der Waals surface area contributed by atoms with Gasteiger partial charge in [-0.15, -0.1) is 0 Å². The average molecular weight is 138 g/mol. The molecule has 0 heterocycles. The van der Waals surface area contributed by atoms with Crippen molar-refractivity contribution in [2.45, 2.75) is 25.7 Å². The minimum absolute atomic E-state index is 0.0498. The highest BCUT2D eigenvalue weighted by molar-refractivity contribution is 5.28. The predicted octanol–water partition coefficient (Wildman–Crippen LogP) is 2.97. The highest BCUT2D eigenvalue weighted by atomic mass is 19.1. The Morgan fingerprint density at radius 1 is 1.40 bits per heavy atom. The topological polar surface area (TPSA) is 0 Å². The molecule has 0 unspecified atom stereocenters. The van der Waals surface area contributed by atoms with Crippen LogP contribution in [0.5, 0.6) is 0 Å². The van der Waals surface area contributed by atoms with Crippen LogP contribution in [0.3, 0.4) is 0 Å². The van der Waals surface area contributed by atoms with E-state index in [1.54, 1.807) is 6.08 Å². The van der Waals surface area contributed by atoms with E-state index >= 15 is 0 Å². The van der Waals surface area contributed by atoms with Gasteiger partial charge in [0.25, 0.3) is 0 Å². The third-order valence-corrected chi connectivity index (χ3v) is 2.22. The lowest BCUT2D eigenvalue weighted by Crippen LogP contribution is -1.92. The first-order valence-corrected chi connectivity index (χ1v) is 3.93. The Morgan fingerprint density at radius 2 is 2.20 bits per heavy atom. The molecule has 2 aliphatic rings. The van der Waals surface area contributed by atoms with Gasteiger partial charge in [-0.3, -0.25) is 0 Å². The van der Waals surface area contributed by atoms with Crippen LogP contribution in [0.15, 0.2) is 23.6 Å². The van der Waals surface area contributed by atoms with E-state index < -0.39 is 0 Å². The smallest absolute Gasteiger partial charge is 0.122 e. The van der Waals surface area contributed by atoms with Crippen molar-refractivity contribution < 1.29 is 4.39 Å². The van der Waals surface area contributed by atoms with Gasteiger partial charge in [-0.2, -0.15) is 0 Å². The van der Waals surface area contributed by atoms with Crippen LogP contribution in [0.4, 0.5) is 4.39 Å². The highest BCUT2D eigenvalue weighted by Gasteiger charge is 2.28. The monoisotopic (exact) mass is 138 g/mol. The van der Waals surface area contributed by atoms with Gasteiger partial charge in [0, 0.05) is 0 Å². The van der Waals surface area contributed by atoms with Gasteiger partial charge in [-0.05, 0) is 43.3 Å². The Morgan fingerprint density at radius 3 is 2.80 bits per heavy atom. The van der Waals surface area contributed by atoms with Crippen LogP contribution < -0.4 is 0 Å². The first-order chi connectivity index (χ1) is 4.88. The van der Waals surface area contributed by atoms with Crippen LogP contribution in [0, 0.1) is 5.92 Å². The molecule has 0 radical (unpaired) electrons. The Kier molecular flexibility index (Phi) is 1.37. The van der Waals surface area contributed by atoms with Crippen molar-refractivity contribution in [3.63, 3.8) is 0 Å². The largest absolute Gasteiger partial charge is 0.207 e. The van der Waals surface area contributed by atoms with Gasteiger partial charge in [0.1, 0.15) is 5.83 Å². The molecule has 0 bridgehead atoms. The van der Waals surface area contributed by atoms with E-state index in [0.29, 0.717) is 5.92 Å². The third kappa shape index (κ3) is 1.00. The van der Waals surface area contributed by atoms with Crippen LogP contribution in [-0.4, -0.2) is 0 Å². The molecular weight excluding hydrogens is 127 g/mol. The quantitative estimate of drug-likeness (QED) is 0.522. The maximum atomic E-state index is 12.9. The summed E-state index contributed by atoms with van der Waals surface area (Å²) in [5.41, 5.74) is 1.09. The molecule has 0 nitrogen and oxygen atoms in total. The zero-order valence-electron chi connectivity index (χ0n) is 5.94. The SMILES string of the molecule is FC1=C(C2CC2)CCC=C1. The van der Waals surface area contributed by atoms with Gasteiger partial charge in [-0.25, -0.2) is 4.39 Å². The van der Waals surface area contributed by atoms with Crippen molar-refractivity contribution in [3.05, 3.63) is 23.6 Å². The molecule has 54 valence electrons. The van der Waals surface area contributed by atoms with Gasteiger partial charge in [-0.1, -0.05) is 6.08 Å². The molecule has 1 saturated carbocycles. The van der Waals surface area contributed by atoms with E-state index in [0.717, 1.165) is 18.4 Å². The lowest BCUT2D eigenvalue weighted by Gasteiger charge is -2.08. The molecule has 0 N–H and O–H groups in total. The summed E-state index contributed by atoms with van der Waals surface area (Å²) in [5, 5.41) is 0. The van der Waals surface area contributed by atoms with Crippen LogP contribution in [-0.2, 0) is 0 Å². The summed E-state index contributed by atoms with van der Waals surface area (Å²) >= 11 is 0. The molecule has 0 aromatic heterocycles. The predicted molar refractivity (Wildman–Crippen MR) is 39.2 cm³/mol. The molecule has 0 aromatic rings. The maximum Gasteiger partial charge on any atom is 0.122 e. The molecule has 0 saturated heterocycles. The molecule has 10 heavy (non-hydrogen) atoms. The lowest BCUT2D eigenvalue weighted by atomic mass is 10.0. The average Bonchev–Trinajstić information content (AvgIpc) is 2.71. The van der Waals surface area contributed by atoms with Crippen molar-refractivity contribution in [2.24, 2.45) is 5.92 Å². The number of hydrogen-bond donors (Lipinski definition) is 0. The van der Waals surface area contributed by atoms with Crippen LogP contribution in [0.2, 0.25) is 0 Å². The van der Waals surface area contributed by atoms with Gasteiger partial charge in [0.15, 0.2) is 0 Å². The highest BCUT2D eigenvalue weighted by Crippen LogP contribution is 2.41. The minimum atomic E-state index is 0.0498. The summed E-state index contributed by atoms with van der Waals surface area (Å²) in [6, 6.07) is 0. The molecule has 1 fully saturated rings. The fourth-order valence-corrected chi connectivity index (χ4v) is 1.48. The normalized spacial score (nSPS) is 25.7. The Bertz CT molecular complexity index is 197. The second-order valence-corrected chi connectivity index (χ2v) is 3.09. The van der Waals surface area contributed by atoms with Gasteiger partial charge in [0.05, 0.1) is 0 Å². The molecule has 1 heteroatoms. The molecule has 0 amide bonds. The zero-order valence-corrected chi connectivity index (χ0v) is 5.94.